The molecule has 0 saturated heterocycles. The van der Waals surface area contributed by atoms with Crippen LogP contribution in [0.25, 0.3) is 0 Å². The molecule has 4 atom stereocenters. The van der Waals surface area contributed by atoms with E-state index in [0.29, 0.717) is 0 Å². The van der Waals surface area contributed by atoms with Gasteiger partial charge in [-0.15, -0.1) is 0 Å². The first-order valence-corrected chi connectivity index (χ1v) is 4.19. The van der Waals surface area contributed by atoms with E-state index in [0.717, 1.165) is 0 Å². The first-order valence-electron chi connectivity index (χ1n) is 3.28. The molecule has 0 heterocycles. The van der Waals surface area contributed by atoms with E-state index in [1.54, 1.807) is 0 Å². The van der Waals surface area contributed by atoms with Gasteiger partial charge in [-0.3, -0.25) is 4.79 Å². The number of hydrogen-bond donors (Lipinski definition) is 4. The van der Waals surface area contributed by atoms with Crippen LogP contribution in [0.1, 0.15) is 6.92 Å². The molecule has 1 unspecified atom stereocenters. The summed E-state index contributed by atoms with van der Waals surface area (Å²) in [6.45, 7) is 1.20. The van der Waals surface area contributed by atoms with Gasteiger partial charge in [0.1, 0.15) is 11.1 Å². The molecule has 0 aliphatic carbocycles. The molecule has 0 fully saturated rings. The number of carbonyl (C=O) groups is 1. The summed E-state index contributed by atoms with van der Waals surface area (Å²) >= 11 is 2.55. The molecule has 5 nitrogen and oxygen atoms in total. The standard InChI is InChI=1S/C6H11BrO5/c1-2(8)3(9)4(10)5(11)6(7)12/h2-3,5-6,8-9,11-12H,1H3/t2-,3-,5-,6?/m1/s1. The number of alkyl halides is 1. The lowest BCUT2D eigenvalue weighted by Crippen LogP contribution is -2.42. The first kappa shape index (κ1) is 12.0. The van der Waals surface area contributed by atoms with Crippen LogP contribution >= 0.6 is 15.9 Å². The van der Waals surface area contributed by atoms with Crippen molar-refractivity contribution in [3.63, 3.8) is 0 Å². The predicted octanol–water partition coefficient (Wildman–Crippen LogP) is -1.63. The molecule has 4 N–H and O–H groups in total. The second kappa shape index (κ2) is 4.88. The highest BCUT2D eigenvalue weighted by Gasteiger charge is 2.30. The van der Waals surface area contributed by atoms with Gasteiger partial charge in [0.15, 0.2) is 11.9 Å². The van der Waals surface area contributed by atoms with E-state index in [1.165, 1.54) is 6.92 Å². The molecule has 0 spiro atoms. The highest BCUT2D eigenvalue weighted by molar-refractivity contribution is 9.09. The van der Waals surface area contributed by atoms with Crippen LogP contribution in [0.2, 0.25) is 0 Å². The molecule has 0 bridgehead atoms. The number of ketones is 1. The number of hydrogen-bond acceptors (Lipinski definition) is 5. The molecule has 12 heavy (non-hydrogen) atoms. The third kappa shape index (κ3) is 3.16. The molecule has 0 saturated carbocycles. The Morgan fingerprint density at radius 2 is 1.58 bits per heavy atom. The van der Waals surface area contributed by atoms with Gasteiger partial charge in [-0.05, 0) is 6.92 Å². The number of rotatable bonds is 4. The zero-order valence-corrected chi connectivity index (χ0v) is 7.97. The van der Waals surface area contributed by atoms with Gasteiger partial charge in [0.25, 0.3) is 0 Å². The van der Waals surface area contributed by atoms with Crippen LogP contribution in [0.3, 0.4) is 0 Å². The monoisotopic (exact) mass is 242 g/mol. The van der Waals surface area contributed by atoms with Crippen molar-refractivity contribution in [2.24, 2.45) is 0 Å². The molecule has 72 valence electrons. The van der Waals surface area contributed by atoms with E-state index in [9.17, 15) is 4.79 Å². The zero-order chi connectivity index (χ0) is 9.89. The average Bonchev–Trinajstić information content (AvgIpc) is 2.00. The van der Waals surface area contributed by atoms with Crippen molar-refractivity contribution in [3.05, 3.63) is 0 Å². The minimum absolute atomic E-state index is 1.02. The molecular weight excluding hydrogens is 232 g/mol. The van der Waals surface area contributed by atoms with Gasteiger partial charge < -0.3 is 20.4 Å². The lowest BCUT2D eigenvalue weighted by Gasteiger charge is -2.17. The molecular formula is C6H11BrO5. The zero-order valence-electron chi connectivity index (χ0n) is 6.38. The molecule has 0 amide bonds. The van der Waals surface area contributed by atoms with Crippen LogP contribution in [0.4, 0.5) is 0 Å². The Labute approximate surface area is 77.8 Å². The van der Waals surface area contributed by atoms with Crippen molar-refractivity contribution in [1.29, 1.82) is 0 Å². The van der Waals surface area contributed by atoms with Crippen molar-refractivity contribution >= 4 is 21.7 Å². The number of aliphatic hydroxyl groups is 4. The molecule has 0 aromatic rings. The van der Waals surface area contributed by atoms with Crippen molar-refractivity contribution < 1.29 is 25.2 Å². The smallest absolute Gasteiger partial charge is 0.195 e. The summed E-state index contributed by atoms with van der Waals surface area (Å²) in [7, 11) is 0. The second-order valence-electron chi connectivity index (χ2n) is 2.41. The third-order valence-electron chi connectivity index (χ3n) is 1.30. The number of aliphatic hydroxyl groups excluding tert-OH is 4. The summed E-state index contributed by atoms with van der Waals surface area (Å²) in [6, 6.07) is 0. The summed E-state index contributed by atoms with van der Waals surface area (Å²) in [4.78, 5) is 10.9. The van der Waals surface area contributed by atoms with E-state index < -0.39 is 29.1 Å². The fourth-order valence-corrected chi connectivity index (χ4v) is 0.809. The predicted molar refractivity (Wildman–Crippen MR) is 43.6 cm³/mol. The summed E-state index contributed by atoms with van der Waals surface area (Å²) in [5, 5.41) is 33.8. The fraction of sp³-hybridized carbons (Fsp3) is 0.833. The van der Waals surface area contributed by atoms with Crippen LogP contribution in [-0.4, -0.2) is 49.5 Å². The first-order chi connectivity index (χ1) is 5.37. The van der Waals surface area contributed by atoms with Crippen molar-refractivity contribution in [2.75, 3.05) is 0 Å². The lowest BCUT2D eigenvalue weighted by atomic mass is 10.1. The van der Waals surface area contributed by atoms with Gasteiger partial charge in [0.05, 0.1) is 6.10 Å². The maximum absolute atomic E-state index is 10.9. The maximum atomic E-state index is 10.9. The molecule has 0 aromatic carbocycles. The van der Waals surface area contributed by atoms with E-state index in [1.807, 2.05) is 0 Å². The molecule has 0 aromatic heterocycles. The van der Waals surface area contributed by atoms with Crippen molar-refractivity contribution in [3.8, 4) is 0 Å². The Morgan fingerprint density at radius 1 is 1.17 bits per heavy atom. The summed E-state index contributed by atoms with van der Waals surface area (Å²) in [5.41, 5.74) is 0. The molecule has 6 heteroatoms. The quantitative estimate of drug-likeness (QED) is 0.444. The fourth-order valence-electron chi connectivity index (χ4n) is 0.548. The van der Waals surface area contributed by atoms with E-state index >= 15 is 0 Å². The van der Waals surface area contributed by atoms with Gasteiger partial charge in [-0.25, -0.2) is 0 Å². The van der Waals surface area contributed by atoms with Gasteiger partial charge >= 0.3 is 0 Å². The SMILES string of the molecule is C[C@@H](O)[C@@H](O)C(=O)[C@@H](O)C(O)Br. The molecule has 0 aliphatic heterocycles. The lowest BCUT2D eigenvalue weighted by molar-refractivity contribution is -0.143. The Morgan fingerprint density at radius 3 is 1.83 bits per heavy atom. The number of carbonyl (C=O) groups excluding carboxylic acids is 1. The molecule has 0 radical (unpaired) electrons. The second-order valence-corrected chi connectivity index (χ2v) is 3.34. The van der Waals surface area contributed by atoms with Crippen molar-refractivity contribution in [2.45, 2.75) is 30.2 Å². The number of halogens is 1. The van der Waals surface area contributed by atoms with Crippen LogP contribution in [-0.2, 0) is 4.79 Å². The van der Waals surface area contributed by atoms with Crippen molar-refractivity contribution in [1.82, 2.24) is 0 Å². The summed E-state index contributed by atoms with van der Waals surface area (Å²) in [6.07, 6.45) is -4.67. The van der Waals surface area contributed by atoms with E-state index in [2.05, 4.69) is 15.9 Å². The van der Waals surface area contributed by atoms with Crippen LogP contribution in [0, 0.1) is 0 Å². The van der Waals surface area contributed by atoms with Crippen LogP contribution in [0.5, 0.6) is 0 Å². The topological polar surface area (TPSA) is 98.0 Å². The Hall–Kier alpha value is -0.0100. The summed E-state index contributed by atoms with van der Waals surface area (Å²) in [5.74, 6) is -1.02. The minimum atomic E-state index is -1.73. The Balaban J connectivity index is 4.19. The number of Topliss-reactive ketones (excluding diaryl/α,β-unsaturated/α-hetero) is 1. The summed E-state index contributed by atoms with van der Waals surface area (Å²) < 4.78 is 0. The van der Waals surface area contributed by atoms with E-state index in [-0.39, 0.29) is 0 Å². The van der Waals surface area contributed by atoms with Gasteiger partial charge in [-0.2, -0.15) is 0 Å². The largest absolute Gasteiger partial charge is 0.390 e. The highest BCUT2D eigenvalue weighted by atomic mass is 79.9. The van der Waals surface area contributed by atoms with Gasteiger partial charge in [0, 0.05) is 0 Å². The average molecular weight is 243 g/mol. The Bertz CT molecular complexity index is 142. The molecule has 0 aliphatic rings. The van der Waals surface area contributed by atoms with Crippen LogP contribution in [0.15, 0.2) is 0 Å². The van der Waals surface area contributed by atoms with E-state index in [4.69, 9.17) is 20.4 Å². The van der Waals surface area contributed by atoms with Gasteiger partial charge in [-0.1, -0.05) is 15.9 Å². The van der Waals surface area contributed by atoms with Crippen LogP contribution < -0.4 is 0 Å². The minimum Gasteiger partial charge on any atom is -0.390 e. The maximum Gasteiger partial charge on any atom is 0.195 e. The highest BCUT2D eigenvalue weighted by Crippen LogP contribution is 2.06. The van der Waals surface area contributed by atoms with Gasteiger partial charge in [0.2, 0.25) is 0 Å². The normalized spacial score (nSPS) is 21.2. The Kier molecular flexibility index (Phi) is 4.88. The third-order valence-corrected chi connectivity index (χ3v) is 1.80. The molecule has 0 rings (SSSR count).